The zero-order valence-electron chi connectivity index (χ0n) is 44.1. The summed E-state index contributed by atoms with van der Waals surface area (Å²) in [5.41, 5.74) is 4.38. The SMILES string of the molecule is CC(NC(=O)N1C(=O)C2(c3cc(C#CCN(C)Cc4ccccc4)ccc31)C(C(=O)Nc1ccc(N3CCOCC3)cc1)C1C(=O)OC(c3ccccc3)C(c3ccccc3)N1C2c1cccc(OCCO)c1)c1ccccc1. The Labute approximate surface area is 460 Å². The molecule has 4 heterocycles. The second kappa shape index (κ2) is 23.2. The van der Waals surface area contributed by atoms with Gasteiger partial charge in [0.15, 0.2) is 0 Å². The molecule has 4 amide bonds. The third-order valence-electron chi connectivity index (χ3n) is 15.5. The number of nitrogens with zero attached hydrogens (tertiary/aromatic N) is 4. The minimum Gasteiger partial charge on any atom is -0.491 e. The molecule has 7 aromatic rings. The van der Waals surface area contributed by atoms with Crippen LogP contribution >= 0.6 is 0 Å². The van der Waals surface area contributed by atoms with Crippen molar-refractivity contribution in [3.63, 3.8) is 0 Å². The highest BCUT2D eigenvalue weighted by Gasteiger charge is 2.75. The molecule has 0 radical (unpaired) electrons. The maximum atomic E-state index is 17.0. The summed E-state index contributed by atoms with van der Waals surface area (Å²) in [6.07, 6.45) is -0.928. The van der Waals surface area contributed by atoms with Gasteiger partial charge in [-0.25, -0.2) is 9.69 Å². The number of benzene rings is 7. The normalized spacial score (nSPS) is 21.8. The van der Waals surface area contributed by atoms with Crippen LogP contribution in [0, 0.1) is 17.8 Å². The van der Waals surface area contributed by atoms with Crippen molar-refractivity contribution < 1.29 is 38.5 Å². The summed E-state index contributed by atoms with van der Waals surface area (Å²) in [5, 5.41) is 16.3. The van der Waals surface area contributed by atoms with Crippen LogP contribution in [0.25, 0.3) is 0 Å². The van der Waals surface area contributed by atoms with Crippen LogP contribution in [0.1, 0.15) is 70.1 Å². The Morgan fingerprint density at radius 2 is 1.43 bits per heavy atom. The molecule has 11 rings (SSSR count). The van der Waals surface area contributed by atoms with Gasteiger partial charge in [0, 0.05) is 36.6 Å². The largest absolute Gasteiger partial charge is 0.491 e. The molecular formula is C65H62N6O8. The Kier molecular flexibility index (Phi) is 15.4. The quantitative estimate of drug-likeness (QED) is 0.0706. The van der Waals surface area contributed by atoms with Crippen molar-refractivity contribution in [3.05, 3.63) is 227 Å². The highest BCUT2D eigenvalue weighted by molar-refractivity contribution is 6.25. The van der Waals surface area contributed by atoms with Crippen LogP contribution in [0.2, 0.25) is 0 Å². The van der Waals surface area contributed by atoms with Gasteiger partial charge < -0.3 is 34.9 Å². The second-order valence-electron chi connectivity index (χ2n) is 20.5. The van der Waals surface area contributed by atoms with Crippen molar-refractivity contribution in [2.24, 2.45) is 5.92 Å². The van der Waals surface area contributed by atoms with Crippen molar-refractivity contribution >= 4 is 40.9 Å². The molecule has 79 heavy (non-hydrogen) atoms. The molecule has 14 heteroatoms. The number of amides is 4. The monoisotopic (exact) mass is 1050 g/mol. The van der Waals surface area contributed by atoms with Crippen LogP contribution in [-0.2, 0) is 35.8 Å². The van der Waals surface area contributed by atoms with Crippen molar-refractivity contribution in [2.75, 3.05) is 68.2 Å². The van der Waals surface area contributed by atoms with Crippen LogP contribution in [0.3, 0.4) is 0 Å². The number of carbonyl (C=O) groups excluding carboxylic acids is 4. The number of hydrogen-bond acceptors (Lipinski definition) is 11. The summed E-state index contributed by atoms with van der Waals surface area (Å²) in [6.45, 7) is 5.25. The fourth-order valence-electron chi connectivity index (χ4n) is 12.0. The molecule has 0 aromatic heterocycles. The van der Waals surface area contributed by atoms with E-state index in [1.54, 1.807) is 30.3 Å². The van der Waals surface area contributed by atoms with Crippen LogP contribution in [0.5, 0.6) is 5.75 Å². The summed E-state index contributed by atoms with van der Waals surface area (Å²) in [7, 11) is 1.99. The van der Waals surface area contributed by atoms with E-state index >= 15 is 19.2 Å². The van der Waals surface area contributed by atoms with Crippen molar-refractivity contribution in [1.82, 2.24) is 15.1 Å². The van der Waals surface area contributed by atoms with Crippen molar-refractivity contribution in [3.8, 4) is 17.6 Å². The van der Waals surface area contributed by atoms with E-state index in [2.05, 4.69) is 44.4 Å². The van der Waals surface area contributed by atoms with E-state index in [1.807, 2.05) is 164 Å². The number of hydrogen-bond donors (Lipinski definition) is 3. The Balaban J connectivity index is 1.14. The second-order valence-corrected chi connectivity index (χ2v) is 20.5. The number of aliphatic hydroxyl groups is 1. The first kappa shape index (κ1) is 52.5. The number of carbonyl (C=O) groups is 4. The number of anilines is 3. The Morgan fingerprint density at radius 1 is 0.772 bits per heavy atom. The maximum Gasteiger partial charge on any atom is 0.329 e. The highest BCUT2D eigenvalue weighted by atomic mass is 16.6. The number of morpholine rings is 2. The Morgan fingerprint density at radius 3 is 2.13 bits per heavy atom. The van der Waals surface area contributed by atoms with E-state index in [4.69, 9.17) is 14.2 Å². The fourth-order valence-corrected chi connectivity index (χ4v) is 12.0. The van der Waals surface area contributed by atoms with Gasteiger partial charge in [-0.15, -0.1) is 0 Å². The molecular weight excluding hydrogens is 993 g/mol. The predicted molar refractivity (Wildman–Crippen MR) is 302 cm³/mol. The first-order valence-electron chi connectivity index (χ1n) is 26.8. The molecule has 3 saturated heterocycles. The molecule has 4 aliphatic rings. The first-order chi connectivity index (χ1) is 38.6. The number of aliphatic hydroxyl groups excluding tert-OH is 1. The zero-order chi connectivity index (χ0) is 54.5. The molecule has 400 valence electrons. The summed E-state index contributed by atoms with van der Waals surface area (Å²) in [6, 6.07) is 54.1. The number of cyclic esters (lactones) is 1. The fraction of sp³-hybridized carbons (Fsp3) is 0.262. The van der Waals surface area contributed by atoms with E-state index in [1.165, 1.54) is 0 Å². The highest BCUT2D eigenvalue weighted by Crippen LogP contribution is 2.66. The van der Waals surface area contributed by atoms with Crippen LogP contribution in [0.15, 0.2) is 188 Å². The number of imide groups is 1. The standard InChI is InChI=1S/C65H62N6O8/c1-44(47-20-9-4-10-21-47)66-64(76)70-55-33-28-45(19-16-34-68(2)43-46-17-7-3-8-18-46)41-54(55)65(63(70)75)56(61(73)67-51-29-31-52(32-30-51)69-35-38-77-39-36-69)58-62(74)79-59(49-24-13-6-14-25-49)57(48-22-11-5-12-23-48)71(58)60(65)50-26-15-27-53(42-50)78-40-37-72/h3-15,17-18,20-33,41-42,44,56-60,72H,34-40,43H2,1-2H3,(H,66,76)(H,67,73). The average molecular weight is 1060 g/mol. The molecule has 4 aliphatic heterocycles. The zero-order valence-corrected chi connectivity index (χ0v) is 44.1. The van der Waals surface area contributed by atoms with Gasteiger partial charge in [-0.05, 0) is 102 Å². The van der Waals surface area contributed by atoms with E-state index in [-0.39, 0.29) is 18.9 Å². The molecule has 7 atom stereocenters. The number of rotatable bonds is 14. The van der Waals surface area contributed by atoms with E-state index < -0.39 is 65.4 Å². The number of fused-ring (bicyclic) bond motifs is 3. The van der Waals surface area contributed by atoms with Gasteiger partial charge >= 0.3 is 12.0 Å². The molecule has 7 aromatic carbocycles. The molecule has 0 aliphatic carbocycles. The Hall–Kier alpha value is -8.58. The third-order valence-corrected chi connectivity index (χ3v) is 15.5. The lowest BCUT2D eigenvalue weighted by Gasteiger charge is -2.46. The molecule has 0 saturated carbocycles. The minimum atomic E-state index is -2.06. The van der Waals surface area contributed by atoms with Gasteiger partial charge in [0.2, 0.25) is 11.8 Å². The minimum absolute atomic E-state index is 0.0200. The first-order valence-corrected chi connectivity index (χ1v) is 26.8. The molecule has 14 nitrogen and oxygen atoms in total. The molecule has 3 N–H and O–H groups in total. The number of esters is 1. The molecule has 3 fully saturated rings. The van der Waals surface area contributed by atoms with E-state index in [9.17, 15) is 5.11 Å². The van der Waals surface area contributed by atoms with Gasteiger partial charge in [0.05, 0.1) is 56.1 Å². The molecule has 1 spiro atoms. The lowest BCUT2D eigenvalue weighted by molar-refractivity contribution is -0.177. The smallest absolute Gasteiger partial charge is 0.329 e. The van der Waals surface area contributed by atoms with Gasteiger partial charge in [-0.1, -0.05) is 145 Å². The van der Waals surface area contributed by atoms with Gasteiger partial charge in [-0.3, -0.25) is 24.2 Å². The van der Waals surface area contributed by atoms with E-state index in [0.29, 0.717) is 73.1 Å². The Bertz CT molecular complexity index is 3370. The van der Waals surface area contributed by atoms with Crippen molar-refractivity contribution in [2.45, 2.75) is 49.2 Å². The van der Waals surface area contributed by atoms with Gasteiger partial charge in [0.25, 0.3) is 0 Å². The lowest BCUT2D eigenvalue weighted by atomic mass is 9.65. The maximum absolute atomic E-state index is 17.0. The van der Waals surface area contributed by atoms with E-state index in [0.717, 1.165) is 27.3 Å². The summed E-state index contributed by atoms with van der Waals surface area (Å²) < 4.78 is 18.4. The van der Waals surface area contributed by atoms with Crippen LogP contribution < -0.4 is 25.2 Å². The number of ether oxygens (including phenoxy) is 3. The van der Waals surface area contributed by atoms with Gasteiger partial charge in [-0.2, -0.15) is 0 Å². The summed E-state index contributed by atoms with van der Waals surface area (Å²) in [5.74, 6) is 3.48. The third kappa shape index (κ3) is 10.4. The average Bonchev–Trinajstić information content (AvgIpc) is 2.43. The topological polar surface area (TPSA) is 153 Å². The lowest BCUT2D eigenvalue weighted by Crippen LogP contribution is -2.55. The predicted octanol–water partition coefficient (Wildman–Crippen LogP) is 9.15. The number of nitrogens with one attached hydrogen (secondary N) is 2. The van der Waals surface area contributed by atoms with Gasteiger partial charge in [0.1, 0.15) is 29.9 Å². The van der Waals surface area contributed by atoms with Crippen LogP contribution in [-0.4, -0.2) is 97.9 Å². The molecule has 7 unspecified atom stereocenters. The van der Waals surface area contributed by atoms with Crippen LogP contribution in [0.4, 0.5) is 21.9 Å². The summed E-state index contributed by atoms with van der Waals surface area (Å²) in [4.78, 5) is 71.8. The van der Waals surface area contributed by atoms with Crippen molar-refractivity contribution in [1.29, 1.82) is 0 Å². The number of urea groups is 1. The summed E-state index contributed by atoms with van der Waals surface area (Å²) >= 11 is 0. The molecule has 0 bridgehead atoms.